The SMILES string of the molecule is CCc1nnc(NC(=O)c2ccc(NC(=O)C3CC3)cc2)s1. The van der Waals surface area contributed by atoms with Crippen molar-refractivity contribution in [3.05, 3.63) is 34.8 Å². The van der Waals surface area contributed by atoms with Crippen LogP contribution in [0.3, 0.4) is 0 Å². The van der Waals surface area contributed by atoms with Gasteiger partial charge in [-0.25, -0.2) is 0 Å². The van der Waals surface area contributed by atoms with Gasteiger partial charge in [0.05, 0.1) is 0 Å². The fraction of sp³-hybridized carbons (Fsp3) is 0.333. The summed E-state index contributed by atoms with van der Waals surface area (Å²) >= 11 is 1.37. The van der Waals surface area contributed by atoms with Crippen molar-refractivity contribution < 1.29 is 9.59 Å². The molecule has 2 aromatic rings. The molecule has 1 aliphatic rings. The van der Waals surface area contributed by atoms with E-state index >= 15 is 0 Å². The molecule has 0 radical (unpaired) electrons. The van der Waals surface area contributed by atoms with Gasteiger partial charge in [-0.15, -0.1) is 10.2 Å². The third-order valence-electron chi connectivity index (χ3n) is 3.35. The van der Waals surface area contributed by atoms with Crippen LogP contribution in [0.15, 0.2) is 24.3 Å². The van der Waals surface area contributed by atoms with Crippen LogP contribution >= 0.6 is 11.3 Å². The van der Waals surface area contributed by atoms with Crippen LogP contribution in [-0.4, -0.2) is 22.0 Å². The molecule has 1 saturated carbocycles. The number of amides is 2. The lowest BCUT2D eigenvalue weighted by Gasteiger charge is -2.05. The maximum atomic E-state index is 12.1. The minimum atomic E-state index is -0.237. The summed E-state index contributed by atoms with van der Waals surface area (Å²) < 4.78 is 0. The highest BCUT2D eigenvalue weighted by atomic mass is 32.1. The van der Waals surface area contributed by atoms with Crippen LogP contribution in [0, 0.1) is 5.92 Å². The molecule has 0 saturated heterocycles. The van der Waals surface area contributed by atoms with E-state index in [9.17, 15) is 9.59 Å². The van der Waals surface area contributed by atoms with Crippen molar-refractivity contribution in [1.82, 2.24) is 10.2 Å². The Bertz CT molecular complexity index is 692. The van der Waals surface area contributed by atoms with Gasteiger partial charge in [-0.1, -0.05) is 18.3 Å². The number of benzene rings is 1. The summed E-state index contributed by atoms with van der Waals surface area (Å²) in [5.74, 6) is -0.0230. The number of carbonyl (C=O) groups is 2. The second kappa shape index (κ2) is 6.23. The molecule has 2 N–H and O–H groups in total. The van der Waals surface area contributed by atoms with Gasteiger partial charge in [0.1, 0.15) is 5.01 Å². The third kappa shape index (κ3) is 3.48. The number of carbonyl (C=O) groups excluding carboxylic acids is 2. The molecule has 0 spiro atoms. The minimum Gasteiger partial charge on any atom is -0.326 e. The highest BCUT2D eigenvalue weighted by molar-refractivity contribution is 7.15. The zero-order chi connectivity index (χ0) is 15.5. The van der Waals surface area contributed by atoms with E-state index in [2.05, 4.69) is 20.8 Å². The van der Waals surface area contributed by atoms with Gasteiger partial charge in [-0.2, -0.15) is 0 Å². The fourth-order valence-electron chi connectivity index (χ4n) is 1.91. The number of aryl methyl sites for hydroxylation is 1. The molecule has 0 unspecified atom stereocenters. The van der Waals surface area contributed by atoms with E-state index in [1.807, 2.05) is 6.92 Å². The smallest absolute Gasteiger partial charge is 0.257 e. The van der Waals surface area contributed by atoms with Crippen LogP contribution in [-0.2, 0) is 11.2 Å². The van der Waals surface area contributed by atoms with Gasteiger partial charge in [0.2, 0.25) is 11.0 Å². The second-order valence-corrected chi connectivity index (χ2v) is 6.21. The van der Waals surface area contributed by atoms with E-state index in [1.54, 1.807) is 24.3 Å². The number of aromatic nitrogens is 2. The van der Waals surface area contributed by atoms with Crippen molar-refractivity contribution in [3.63, 3.8) is 0 Å². The molecule has 6 nitrogen and oxygen atoms in total. The number of nitrogens with zero attached hydrogens (tertiary/aromatic N) is 2. The summed E-state index contributed by atoms with van der Waals surface area (Å²) in [5.41, 5.74) is 1.22. The molecule has 1 aromatic carbocycles. The van der Waals surface area contributed by atoms with Crippen LogP contribution in [0.2, 0.25) is 0 Å². The van der Waals surface area contributed by atoms with Crippen LogP contribution in [0.25, 0.3) is 0 Å². The molecule has 114 valence electrons. The minimum absolute atomic E-state index is 0.0538. The first-order valence-electron chi connectivity index (χ1n) is 7.20. The van der Waals surface area contributed by atoms with E-state index in [4.69, 9.17) is 0 Å². The Balaban J connectivity index is 1.61. The van der Waals surface area contributed by atoms with Crippen LogP contribution in [0.1, 0.15) is 35.1 Å². The molecule has 22 heavy (non-hydrogen) atoms. The predicted octanol–water partition coefficient (Wildman–Crippen LogP) is 2.70. The molecule has 1 fully saturated rings. The average molecular weight is 316 g/mol. The topological polar surface area (TPSA) is 84.0 Å². The van der Waals surface area contributed by atoms with Crippen molar-refractivity contribution in [2.75, 3.05) is 10.6 Å². The van der Waals surface area contributed by atoms with Gasteiger partial charge in [-0.05, 0) is 43.5 Å². The van der Waals surface area contributed by atoms with Crippen molar-refractivity contribution in [1.29, 1.82) is 0 Å². The molecule has 1 heterocycles. The third-order valence-corrected chi connectivity index (χ3v) is 4.34. The number of rotatable bonds is 5. The van der Waals surface area contributed by atoms with Crippen molar-refractivity contribution in [3.8, 4) is 0 Å². The Labute approximate surface area is 132 Å². The zero-order valence-corrected chi connectivity index (χ0v) is 12.9. The average Bonchev–Trinajstić information content (AvgIpc) is 3.28. The summed E-state index contributed by atoms with van der Waals surface area (Å²) in [6, 6.07) is 6.82. The molecule has 2 amide bonds. The van der Waals surface area contributed by atoms with Crippen molar-refractivity contribution >= 4 is 34.0 Å². The summed E-state index contributed by atoms with van der Waals surface area (Å²) in [6.07, 6.45) is 2.73. The Kier molecular flexibility index (Phi) is 4.15. The van der Waals surface area contributed by atoms with Gasteiger partial charge < -0.3 is 5.32 Å². The lowest BCUT2D eigenvalue weighted by atomic mass is 10.2. The normalized spacial score (nSPS) is 13.7. The first-order valence-corrected chi connectivity index (χ1v) is 8.02. The molecule has 3 rings (SSSR count). The molecule has 0 atom stereocenters. The Morgan fingerprint density at radius 3 is 2.50 bits per heavy atom. The second-order valence-electron chi connectivity index (χ2n) is 5.15. The van der Waals surface area contributed by atoms with Crippen molar-refractivity contribution in [2.45, 2.75) is 26.2 Å². The summed E-state index contributed by atoms with van der Waals surface area (Å²) in [4.78, 5) is 23.8. The maximum absolute atomic E-state index is 12.1. The van der Waals surface area contributed by atoms with E-state index in [-0.39, 0.29) is 17.7 Å². The monoisotopic (exact) mass is 316 g/mol. The number of nitrogens with one attached hydrogen (secondary N) is 2. The van der Waals surface area contributed by atoms with Crippen molar-refractivity contribution in [2.24, 2.45) is 5.92 Å². The van der Waals surface area contributed by atoms with Gasteiger partial charge >= 0.3 is 0 Å². The van der Waals surface area contributed by atoms with Gasteiger partial charge in [0, 0.05) is 17.2 Å². The van der Waals surface area contributed by atoms with E-state index in [1.165, 1.54) is 11.3 Å². The first kappa shape index (κ1) is 14.6. The molecule has 1 aromatic heterocycles. The van der Waals surface area contributed by atoms with Gasteiger partial charge in [0.25, 0.3) is 5.91 Å². The lowest BCUT2D eigenvalue weighted by molar-refractivity contribution is -0.117. The maximum Gasteiger partial charge on any atom is 0.257 e. The molecule has 0 aliphatic heterocycles. The zero-order valence-electron chi connectivity index (χ0n) is 12.1. The summed E-state index contributed by atoms with van der Waals surface area (Å²) in [5, 5.41) is 14.8. The summed E-state index contributed by atoms with van der Waals surface area (Å²) in [7, 11) is 0. The van der Waals surface area contributed by atoms with E-state index < -0.39 is 0 Å². The van der Waals surface area contributed by atoms with Gasteiger partial charge in [-0.3, -0.25) is 14.9 Å². The Morgan fingerprint density at radius 2 is 1.91 bits per heavy atom. The van der Waals surface area contributed by atoms with Crippen LogP contribution < -0.4 is 10.6 Å². The Hall–Kier alpha value is -2.28. The Morgan fingerprint density at radius 1 is 1.18 bits per heavy atom. The largest absolute Gasteiger partial charge is 0.326 e. The van der Waals surface area contributed by atoms with Crippen LogP contribution in [0.4, 0.5) is 10.8 Å². The highest BCUT2D eigenvalue weighted by Crippen LogP contribution is 2.30. The van der Waals surface area contributed by atoms with Crippen LogP contribution in [0.5, 0.6) is 0 Å². The number of hydrogen-bond donors (Lipinski definition) is 2. The lowest BCUT2D eigenvalue weighted by Crippen LogP contribution is -2.14. The quantitative estimate of drug-likeness (QED) is 0.888. The van der Waals surface area contributed by atoms with E-state index in [0.717, 1.165) is 24.3 Å². The fourth-order valence-corrected chi connectivity index (χ4v) is 2.59. The standard InChI is InChI=1S/C15H16N4O2S/c1-2-12-18-19-15(22-12)17-14(21)10-5-7-11(8-6-10)16-13(20)9-3-4-9/h5-9H,2-4H2,1H3,(H,16,20)(H,17,19,21). The first-order chi connectivity index (χ1) is 10.7. The number of anilines is 2. The van der Waals surface area contributed by atoms with Gasteiger partial charge in [0.15, 0.2) is 0 Å². The molecular weight excluding hydrogens is 300 g/mol. The molecule has 7 heteroatoms. The van der Waals surface area contributed by atoms with E-state index in [0.29, 0.717) is 16.4 Å². The molecule has 0 bridgehead atoms. The summed E-state index contributed by atoms with van der Waals surface area (Å²) in [6.45, 7) is 1.99. The highest BCUT2D eigenvalue weighted by Gasteiger charge is 2.29. The molecular formula is C15H16N4O2S. The predicted molar refractivity (Wildman–Crippen MR) is 85.0 cm³/mol. The number of hydrogen-bond acceptors (Lipinski definition) is 5. The molecule has 1 aliphatic carbocycles.